The van der Waals surface area contributed by atoms with Crippen molar-refractivity contribution in [2.75, 3.05) is 13.7 Å². The van der Waals surface area contributed by atoms with Gasteiger partial charge in [-0.1, -0.05) is 18.2 Å². The Morgan fingerprint density at radius 1 is 1.38 bits per heavy atom. The average Bonchev–Trinajstić information content (AvgIpc) is 3.10. The third-order valence-corrected chi connectivity index (χ3v) is 4.19. The van der Waals surface area contributed by atoms with Gasteiger partial charge in [-0.2, -0.15) is 0 Å². The van der Waals surface area contributed by atoms with E-state index in [2.05, 4.69) is 10.2 Å². The number of carbonyl (C=O) groups is 1. The van der Waals surface area contributed by atoms with Gasteiger partial charge in [-0.05, 0) is 17.8 Å². The molecule has 0 N–H and O–H groups in total. The molecule has 1 fully saturated rings. The van der Waals surface area contributed by atoms with E-state index < -0.39 is 0 Å². The number of benzene rings is 1. The molecule has 1 aliphatic heterocycles. The Balaban J connectivity index is 1.69. The highest BCUT2D eigenvalue weighted by Crippen LogP contribution is 2.29. The van der Waals surface area contributed by atoms with Gasteiger partial charge in [0.05, 0.1) is 20.1 Å². The number of carbonyl (C=O) groups excluding carboxylic acids is 1. The Kier molecular flexibility index (Phi) is 4.10. The number of nitrogens with zero attached hydrogens (tertiary/aromatic N) is 2. The monoisotopic (exact) mass is 306 g/mol. The number of aromatic nitrogens is 2. The normalized spacial score (nSPS) is 17.8. The number of para-hydroxylation sites is 1. The van der Waals surface area contributed by atoms with Crippen molar-refractivity contribution in [2.24, 2.45) is 0 Å². The SMILES string of the molecule is COc1ccccc1Cc1nnc(SC2CCOC2=O)o1. The molecule has 1 saturated heterocycles. The van der Waals surface area contributed by atoms with Crippen LogP contribution in [0.4, 0.5) is 0 Å². The van der Waals surface area contributed by atoms with Crippen LogP contribution in [-0.4, -0.2) is 35.1 Å². The molecule has 1 unspecified atom stereocenters. The molecule has 2 aromatic rings. The molecule has 1 aromatic carbocycles. The molecule has 1 aliphatic rings. The van der Waals surface area contributed by atoms with Crippen LogP contribution in [0.15, 0.2) is 33.9 Å². The Bertz CT molecular complexity index is 643. The zero-order chi connectivity index (χ0) is 14.7. The van der Waals surface area contributed by atoms with Gasteiger partial charge in [0, 0.05) is 12.0 Å². The minimum atomic E-state index is -0.246. The van der Waals surface area contributed by atoms with Gasteiger partial charge in [-0.3, -0.25) is 4.79 Å². The minimum absolute atomic E-state index is 0.218. The second kappa shape index (κ2) is 6.17. The molecular weight excluding hydrogens is 292 g/mol. The fraction of sp³-hybridized carbons (Fsp3) is 0.357. The van der Waals surface area contributed by atoms with Crippen LogP contribution >= 0.6 is 11.8 Å². The van der Waals surface area contributed by atoms with E-state index in [0.29, 0.717) is 30.6 Å². The largest absolute Gasteiger partial charge is 0.496 e. The van der Waals surface area contributed by atoms with Gasteiger partial charge < -0.3 is 13.9 Å². The first-order valence-electron chi connectivity index (χ1n) is 6.54. The number of esters is 1. The van der Waals surface area contributed by atoms with E-state index >= 15 is 0 Å². The first-order valence-corrected chi connectivity index (χ1v) is 7.42. The molecule has 6 nitrogen and oxygen atoms in total. The molecule has 0 amide bonds. The minimum Gasteiger partial charge on any atom is -0.496 e. The lowest BCUT2D eigenvalue weighted by Gasteiger charge is -2.05. The highest BCUT2D eigenvalue weighted by molar-refractivity contribution is 8.00. The summed E-state index contributed by atoms with van der Waals surface area (Å²) in [6, 6.07) is 7.67. The maximum Gasteiger partial charge on any atom is 0.319 e. The van der Waals surface area contributed by atoms with E-state index in [1.807, 2.05) is 24.3 Å². The fourth-order valence-electron chi connectivity index (χ4n) is 2.08. The van der Waals surface area contributed by atoms with Crippen LogP contribution in [0, 0.1) is 0 Å². The first-order chi connectivity index (χ1) is 10.3. The molecule has 2 heterocycles. The molecule has 0 spiro atoms. The number of rotatable bonds is 5. The Morgan fingerprint density at radius 2 is 2.24 bits per heavy atom. The second-order valence-corrected chi connectivity index (χ2v) is 5.67. The van der Waals surface area contributed by atoms with Gasteiger partial charge in [0.15, 0.2) is 0 Å². The summed E-state index contributed by atoms with van der Waals surface area (Å²) in [6.07, 6.45) is 1.17. The van der Waals surface area contributed by atoms with Gasteiger partial charge >= 0.3 is 5.97 Å². The van der Waals surface area contributed by atoms with Crippen molar-refractivity contribution < 1.29 is 18.7 Å². The van der Waals surface area contributed by atoms with Gasteiger partial charge in [0.2, 0.25) is 5.89 Å². The summed E-state index contributed by atoms with van der Waals surface area (Å²) in [5, 5.41) is 8.12. The van der Waals surface area contributed by atoms with Crippen LogP contribution in [0.25, 0.3) is 0 Å². The van der Waals surface area contributed by atoms with E-state index in [1.54, 1.807) is 7.11 Å². The van der Waals surface area contributed by atoms with Crippen molar-refractivity contribution in [1.29, 1.82) is 0 Å². The van der Waals surface area contributed by atoms with Crippen molar-refractivity contribution in [1.82, 2.24) is 10.2 Å². The molecule has 0 aliphatic carbocycles. The Hall–Kier alpha value is -2.02. The Labute approximate surface area is 125 Å². The van der Waals surface area contributed by atoms with E-state index in [0.717, 1.165) is 11.3 Å². The fourth-order valence-corrected chi connectivity index (χ4v) is 2.93. The van der Waals surface area contributed by atoms with Crippen molar-refractivity contribution in [3.63, 3.8) is 0 Å². The van der Waals surface area contributed by atoms with Crippen LogP contribution in [-0.2, 0) is 16.0 Å². The lowest BCUT2D eigenvalue weighted by atomic mass is 10.1. The van der Waals surface area contributed by atoms with E-state index in [-0.39, 0.29) is 11.2 Å². The number of cyclic esters (lactones) is 1. The van der Waals surface area contributed by atoms with Gasteiger partial charge in [-0.25, -0.2) is 0 Å². The van der Waals surface area contributed by atoms with E-state index in [1.165, 1.54) is 11.8 Å². The molecule has 110 valence electrons. The predicted molar refractivity (Wildman–Crippen MR) is 75.3 cm³/mol. The summed E-state index contributed by atoms with van der Waals surface area (Å²) in [5.74, 6) is 1.06. The third kappa shape index (κ3) is 3.18. The zero-order valence-corrected chi connectivity index (χ0v) is 12.3. The topological polar surface area (TPSA) is 74.5 Å². The van der Waals surface area contributed by atoms with E-state index in [4.69, 9.17) is 13.9 Å². The number of ether oxygens (including phenoxy) is 2. The Morgan fingerprint density at radius 3 is 3.00 bits per heavy atom. The number of thioether (sulfide) groups is 1. The zero-order valence-electron chi connectivity index (χ0n) is 11.4. The molecule has 7 heteroatoms. The first kappa shape index (κ1) is 13.9. The van der Waals surface area contributed by atoms with Crippen LogP contribution in [0.1, 0.15) is 17.9 Å². The van der Waals surface area contributed by atoms with Crippen molar-refractivity contribution in [2.45, 2.75) is 23.3 Å². The van der Waals surface area contributed by atoms with E-state index in [9.17, 15) is 4.79 Å². The predicted octanol–water partition coefficient (Wildman–Crippen LogP) is 2.08. The van der Waals surface area contributed by atoms with Gasteiger partial charge in [0.1, 0.15) is 11.0 Å². The van der Waals surface area contributed by atoms with Crippen molar-refractivity contribution >= 4 is 17.7 Å². The third-order valence-electron chi connectivity index (χ3n) is 3.11. The molecule has 1 aromatic heterocycles. The molecule has 0 saturated carbocycles. The van der Waals surface area contributed by atoms with Gasteiger partial charge in [0.25, 0.3) is 5.22 Å². The summed E-state index contributed by atoms with van der Waals surface area (Å²) in [6.45, 7) is 0.457. The summed E-state index contributed by atoms with van der Waals surface area (Å²) in [5.41, 5.74) is 0.973. The smallest absolute Gasteiger partial charge is 0.319 e. The standard InChI is InChI=1S/C14H14N2O4S/c1-18-10-5-3-2-4-9(10)8-12-15-16-14(20-12)21-11-6-7-19-13(11)17/h2-5,11H,6-8H2,1H3. The average molecular weight is 306 g/mol. The number of hydrogen-bond donors (Lipinski definition) is 0. The van der Waals surface area contributed by atoms with Gasteiger partial charge in [-0.15, -0.1) is 10.2 Å². The molecular formula is C14H14N2O4S. The second-order valence-electron chi connectivity index (χ2n) is 4.51. The van der Waals surface area contributed by atoms with Crippen LogP contribution in [0.5, 0.6) is 5.75 Å². The van der Waals surface area contributed by atoms with Crippen molar-refractivity contribution in [3.8, 4) is 5.75 Å². The van der Waals surface area contributed by atoms with Crippen molar-refractivity contribution in [3.05, 3.63) is 35.7 Å². The molecule has 21 heavy (non-hydrogen) atoms. The summed E-state index contributed by atoms with van der Waals surface area (Å²) in [7, 11) is 1.62. The maximum absolute atomic E-state index is 11.4. The maximum atomic E-state index is 11.4. The highest BCUT2D eigenvalue weighted by Gasteiger charge is 2.29. The molecule has 0 radical (unpaired) electrons. The number of methoxy groups -OCH3 is 1. The summed E-state index contributed by atoms with van der Waals surface area (Å²) >= 11 is 1.25. The summed E-state index contributed by atoms with van der Waals surface area (Å²) in [4.78, 5) is 11.4. The number of hydrogen-bond acceptors (Lipinski definition) is 7. The van der Waals surface area contributed by atoms with Crippen LogP contribution < -0.4 is 4.74 Å². The molecule has 3 rings (SSSR count). The quantitative estimate of drug-likeness (QED) is 0.783. The lowest BCUT2D eigenvalue weighted by molar-refractivity contribution is -0.137. The highest BCUT2D eigenvalue weighted by atomic mass is 32.2. The lowest BCUT2D eigenvalue weighted by Crippen LogP contribution is -2.09. The molecule has 1 atom stereocenters. The van der Waals surface area contributed by atoms with Crippen LogP contribution in [0.3, 0.4) is 0 Å². The summed E-state index contributed by atoms with van der Waals surface area (Å²) < 4.78 is 15.8. The van der Waals surface area contributed by atoms with Crippen LogP contribution in [0.2, 0.25) is 0 Å². The molecule has 0 bridgehead atoms.